The van der Waals surface area contributed by atoms with Crippen molar-refractivity contribution in [2.75, 3.05) is 19.8 Å². The number of carbonyl (C=O) groups is 4. The second-order valence-electron chi connectivity index (χ2n) is 8.48. The maximum atomic E-state index is 12.8. The molecule has 35 heavy (non-hydrogen) atoms. The topological polar surface area (TPSA) is 114 Å². The molecule has 0 aromatic carbocycles. The van der Waals surface area contributed by atoms with Crippen molar-refractivity contribution in [3.05, 3.63) is 12.2 Å². The molecule has 2 aliphatic carbocycles. The van der Waals surface area contributed by atoms with E-state index in [2.05, 4.69) is 20.8 Å². The molecule has 0 spiro atoms. The van der Waals surface area contributed by atoms with Gasteiger partial charge in [-0.05, 0) is 19.8 Å². The molecule has 0 aromatic heterocycles. The molecule has 0 aromatic rings. The Morgan fingerprint density at radius 2 is 1.83 bits per heavy atom. The predicted molar refractivity (Wildman–Crippen MR) is 97.0 cm³/mol. The van der Waals surface area contributed by atoms with Gasteiger partial charge in [-0.3, -0.25) is 9.59 Å². The monoisotopic (exact) mass is 518 g/mol. The quantitative estimate of drug-likeness (QED) is 0.149. The Hall–Kier alpha value is -2.84. The van der Waals surface area contributed by atoms with Gasteiger partial charge in [0.05, 0.1) is 12.2 Å². The van der Waals surface area contributed by atoms with Crippen LogP contribution in [0.2, 0.25) is 0 Å². The fraction of sp³-hybridized carbons (Fsp3) is 0.700. The first kappa shape index (κ1) is 26.8. The number of hydrogen-bond acceptors (Lipinski definition) is 9. The zero-order valence-corrected chi connectivity index (χ0v) is 18.1. The first-order valence-electron chi connectivity index (χ1n) is 10.2. The summed E-state index contributed by atoms with van der Waals surface area (Å²) in [5.74, 6) is -6.16. The summed E-state index contributed by atoms with van der Waals surface area (Å²) in [6.45, 7) is 0.476. The van der Waals surface area contributed by atoms with Gasteiger partial charge in [-0.1, -0.05) is 6.58 Å². The normalized spacial score (nSPS) is 30.0. The maximum Gasteiger partial charge on any atom is 0.425 e. The molecule has 3 fully saturated rings. The summed E-state index contributed by atoms with van der Waals surface area (Å²) in [5, 5.41) is 0. The molecule has 1 saturated heterocycles. The van der Waals surface area contributed by atoms with Gasteiger partial charge in [0.25, 0.3) is 0 Å². The van der Waals surface area contributed by atoms with Crippen molar-refractivity contribution in [1.82, 2.24) is 0 Å². The largest absolute Gasteiger partial charge is 0.457 e. The van der Waals surface area contributed by atoms with Crippen LogP contribution < -0.4 is 0 Å². The van der Waals surface area contributed by atoms with Crippen LogP contribution in [0.25, 0.3) is 0 Å². The highest BCUT2D eigenvalue weighted by Crippen LogP contribution is 2.63. The van der Waals surface area contributed by atoms with Gasteiger partial charge in [-0.2, -0.15) is 26.3 Å². The molecule has 3 aliphatic rings. The molecular formula is C20H20F6O9. The van der Waals surface area contributed by atoms with Crippen molar-refractivity contribution >= 4 is 23.9 Å². The van der Waals surface area contributed by atoms with Gasteiger partial charge in [-0.15, -0.1) is 0 Å². The summed E-state index contributed by atoms with van der Waals surface area (Å²) in [7, 11) is 0. The molecular weight excluding hydrogens is 498 g/mol. The van der Waals surface area contributed by atoms with E-state index in [1.807, 2.05) is 0 Å². The maximum absolute atomic E-state index is 12.8. The minimum atomic E-state index is -4.82. The fourth-order valence-corrected chi connectivity index (χ4v) is 4.53. The van der Waals surface area contributed by atoms with Crippen LogP contribution in [0.5, 0.6) is 0 Å². The van der Waals surface area contributed by atoms with Gasteiger partial charge in [0, 0.05) is 11.8 Å². The van der Waals surface area contributed by atoms with Crippen molar-refractivity contribution in [3.63, 3.8) is 0 Å². The third kappa shape index (κ3) is 5.38. The Bertz CT molecular complexity index is 914. The average Bonchev–Trinajstić information content (AvgIpc) is 3.32. The summed E-state index contributed by atoms with van der Waals surface area (Å²) in [6.07, 6.45) is -14.1. The van der Waals surface area contributed by atoms with Crippen LogP contribution in [-0.4, -0.2) is 74.4 Å². The van der Waals surface area contributed by atoms with Gasteiger partial charge in [-0.25, -0.2) is 9.59 Å². The standard InChI is InChI=1S/C20H20F6O9/c1-8(5-31-7-19(21,22)23)15(28)32-6-12(27)34-13-10-3-11-14(13)35-17(30)18(11,4-10)16(29)33-9(2)20(24,25)26/h9-11,13-14H,1,3-7H2,2H3. The van der Waals surface area contributed by atoms with E-state index in [0.29, 0.717) is 6.92 Å². The lowest BCUT2D eigenvalue weighted by molar-refractivity contribution is -0.222. The van der Waals surface area contributed by atoms with E-state index in [4.69, 9.17) is 9.47 Å². The van der Waals surface area contributed by atoms with Crippen molar-refractivity contribution in [1.29, 1.82) is 0 Å². The number of alkyl halides is 6. The average molecular weight is 518 g/mol. The smallest absolute Gasteiger partial charge is 0.425 e. The minimum Gasteiger partial charge on any atom is -0.457 e. The highest BCUT2D eigenvalue weighted by molar-refractivity contribution is 6.03. The van der Waals surface area contributed by atoms with Crippen LogP contribution in [0.4, 0.5) is 26.3 Å². The van der Waals surface area contributed by atoms with E-state index in [1.165, 1.54) is 0 Å². The molecule has 1 heterocycles. The van der Waals surface area contributed by atoms with Crippen LogP contribution in [0.3, 0.4) is 0 Å². The number of rotatable bonds is 9. The van der Waals surface area contributed by atoms with E-state index in [1.54, 1.807) is 0 Å². The molecule has 15 heteroatoms. The summed E-state index contributed by atoms with van der Waals surface area (Å²) in [5.41, 5.74) is -2.40. The Labute approximate surface area is 193 Å². The number of fused-ring (bicyclic) bond motifs is 1. The van der Waals surface area contributed by atoms with Gasteiger partial charge in [0.1, 0.15) is 18.8 Å². The lowest BCUT2D eigenvalue weighted by Gasteiger charge is -2.31. The van der Waals surface area contributed by atoms with Crippen molar-refractivity contribution in [2.24, 2.45) is 17.3 Å². The van der Waals surface area contributed by atoms with Gasteiger partial charge in [0.2, 0.25) is 0 Å². The number of carbonyl (C=O) groups excluding carboxylic acids is 4. The molecule has 6 atom stereocenters. The zero-order chi connectivity index (χ0) is 26.3. The summed E-state index contributed by atoms with van der Waals surface area (Å²) < 4.78 is 98.1. The molecule has 9 nitrogen and oxygen atoms in total. The highest BCUT2D eigenvalue weighted by Gasteiger charge is 2.75. The number of ether oxygens (including phenoxy) is 5. The molecule has 6 unspecified atom stereocenters. The van der Waals surface area contributed by atoms with Gasteiger partial charge >= 0.3 is 36.2 Å². The number of halogens is 6. The van der Waals surface area contributed by atoms with Crippen LogP contribution >= 0.6 is 0 Å². The molecule has 0 radical (unpaired) electrons. The minimum absolute atomic E-state index is 0.150. The molecule has 2 bridgehead atoms. The molecule has 0 N–H and O–H groups in total. The molecule has 0 amide bonds. The lowest BCUT2D eigenvalue weighted by Crippen LogP contribution is -2.47. The third-order valence-electron chi connectivity index (χ3n) is 6.09. The number of hydrogen-bond donors (Lipinski definition) is 0. The third-order valence-corrected chi connectivity index (χ3v) is 6.09. The van der Waals surface area contributed by atoms with Crippen LogP contribution in [0.1, 0.15) is 19.8 Å². The Kier molecular flexibility index (Phi) is 7.12. The molecule has 1 aliphatic heterocycles. The Morgan fingerprint density at radius 3 is 2.43 bits per heavy atom. The van der Waals surface area contributed by atoms with Crippen molar-refractivity contribution < 1.29 is 69.2 Å². The summed E-state index contributed by atoms with van der Waals surface area (Å²) >= 11 is 0. The number of esters is 4. The first-order chi connectivity index (χ1) is 16.1. The van der Waals surface area contributed by atoms with E-state index in [0.717, 1.165) is 0 Å². The van der Waals surface area contributed by atoms with Crippen LogP contribution in [0, 0.1) is 17.3 Å². The molecule has 196 valence electrons. The van der Waals surface area contributed by atoms with E-state index >= 15 is 0 Å². The van der Waals surface area contributed by atoms with Crippen LogP contribution in [-0.2, 0) is 42.9 Å². The second-order valence-corrected chi connectivity index (χ2v) is 8.48. The van der Waals surface area contributed by atoms with Gasteiger partial charge < -0.3 is 23.7 Å². The van der Waals surface area contributed by atoms with E-state index in [9.17, 15) is 45.5 Å². The second kappa shape index (κ2) is 9.32. The van der Waals surface area contributed by atoms with Crippen molar-refractivity contribution in [2.45, 2.75) is 50.4 Å². The molecule has 3 rings (SSSR count). The summed E-state index contributed by atoms with van der Waals surface area (Å²) in [6, 6.07) is 0. The molecule has 2 saturated carbocycles. The zero-order valence-electron chi connectivity index (χ0n) is 18.1. The lowest BCUT2D eigenvalue weighted by atomic mass is 9.73. The van der Waals surface area contributed by atoms with Crippen LogP contribution in [0.15, 0.2) is 12.2 Å². The predicted octanol–water partition coefficient (Wildman–Crippen LogP) is 2.02. The van der Waals surface area contributed by atoms with Gasteiger partial charge in [0.15, 0.2) is 18.1 Å². The van der Waals surface area contributed by atoms with Crippen molar-refractivity contribution in [3.8, 4) is 0 Å². The SMILES string of the molecule is C=C(COCC(F)(F)F)C(=O)OCC(=O)OC1C2CC3C1OC(=O)C3(C(=O)OC(C)C(F)(F)F)C2. The Balaban J connectivity index is 1.51. The summed E-state index contributed by atoms with van der Waals surface area (Å²) in [4.78, 5) is 48.8. The fourth-order valence-electron chi connectivity index (χ4n) is 4.53. The van der Waals surface area contributed by atoms with E-state index < -0.39 is 97.2 Å². The Morgan fingerprint density at radius 1 is 1.17 bits per heavy atom. The highest BCUT2D eigenvalue weighted by atomic mass is 19.4. The van der Waals surface area contributed by atoms with E-state index in [-0.39, 0.29) is 12.8 Å². The first-order valence-corrected chi connectivity index (χ1v) is 10.2.